The Balaban J connectivity index is 2.91. The van der Waals surface area contributed by atoms with Gasteiger partial charge in [0.2, 0.25) is 5.91 Å². The topological polar surface area (TPSA) is 55.1 Å². The number of primary amides is 1. The molecule has 3 heteroatoms. The van der Waals surface area contributed by atoms with Gasteiger partial charge in [-0.05, 0) is 31.9 Å². The second kappa shape index (κ2) is 4.13. The summed E-state index contributed by atoms with van der Waals surface area (Å²) in [5, 5.41) is 3.03. The van der Waals surface area contributed by atoms with Crippen molar-refractivity contribution in [1.29, 1.82) is 0 Å². The van der Waals surface area contributed by atoms with Gasteiger partial charge in [0.1, 0.15) is 0 Å². The monoisotopic (exact) mass is 192 g/mol. The van der Waals surface area contributed by atoms with E-state index in [0.29, 0.717) is 0 Å². The van der Waals surface area contributed by atoms with Gasteiger partial charge in [-0.1, -0.05) is 17.7 Å². The number of anilines is 1. The van der Waals surface area contributed by atoms with E-state index in [1.54, 1.807) is 0 Å². The number of carbonyl (C=O) groups is 1. The van der Waals surface area contributed by atoms with Crippen LogP contribution in [0.3, 0.4) is 0 Å². The molecule has 0 heterocycles. The van der Waals surface area contributed by atoms with Crippen molar-refractivity contribution >= 4 is 11.6 Å². The van der Waals surface area contributed by atoms with Gasteiger partial charge in [-0.2, -0.15) is 0 Å². The van der Waals surface area contributed by atoms with E-state index in [2.05, 4.69) is 24.4 Å². The van der Waals surface area contributed by atoms with Crippen LogP contribution in [-0.4, -0.2) is 12.5 Å². The quantitative estimate of drug-likeness (QED) is 0.762. The molecular weight excluding hydrogens is 176 g/mol. The van der Waals surface area contributed by atoms with Crippen LogP contribution >= 0.6 is 0 Å². The Morgan fingerprint density at radius 3 is 2.21 bits per heavy atom. The van der Waals surface area contributed by atoms with Crippen molar-refractivity contribution in [2.24, 2.45) is 5.73 Å². The van der Waals surface area contributed by atoms with Crippen LogP contribution in [0.1, 0.15) is 16.7 Å². The lowest BCUT2D eigenvalue weighted by molar-refractivity contribution is -0.116. The second-order valence-corrected chi connectivity index (χ2v) is 3.59. The Hall–Kier alpha value is -1.51. The van der Waals surface area contributed by atoms with Gasteiger partial charge >= 0.3 is 0 Å². The maximum Gasteiger partial charge on any atom is 0.236 e. The molecule has 0 radical (unpaired) electrons. The van der Waals surface area contributed by atoms with E-state index < -0.39 is 0 Å². The predicted molar refractivity (Wildman–Crippen MR) is 58.3 cm³/mol. The first-order valence-electron chi connectivity index (χ1n) is 4.60. The highest BCUT2D eigenvalue weighted by molar-refractivity contribution is 5.79. The number of aryl methyl sites for hydroxylation is 3. The van der Waals surface area contributed by atoms with Crippen molar-refractivity contribution in [3.05, 3.63) is 28.8 Å². The van der Waals surface area contributed by atoms with Crippen molar-refractivity contribution in [2.45, 2.75) is 20.8 Å². The Bertz CT molecular complexity index is 335. The molecule has 1 amide bonds. The van der Waals surface area contributed by atoms with Crippen LogP contribution in [-0.2, 0) is 4.79 Å². The molecule has 0 spiro atoms. The van der Waals surface area contributed by atoms with Crippen LogP contribution in [0.4, 0.5) is 5.69 Å². The van der Waals surface area contributed by atoms with Crippen LogP contribution in [0.15, 0.2) is 12.1 Å². The Labute approximate surface area is 84.3 Å². The Morgan fingerprint density at radius 2 is 1.79 bits per heavy atom. The van der Waals surface area contributed by atoms with Crippen LogP contribution in [0.2, 0.25) is 0 Å². The van der Waals surface area contributed by atoms with Gasteiger partial charge in [0.25, 0.3) is 0 Å². The number of hydrogen-bond acceptors (Lipinski definition) is 2. The molecule has 0 saturated carbocycles. The van der Waals surface area contributed by atoms with Crippen molar-refractivity contribution in [3.63, 3.8) is 0 Å². The fourth-order valence-corrected chi connectivity index (χ4v) is 1.63. The number of carbonyl (C=O) groups excluding carboxylic acids is 1. The smallest absolute Gasteiger partial charge is 0.236 e. The zero-order valence-electron chi connectivity index (χ0n) is 8.85. The molecule has 0 fully saturated rings. The minimum absolute atomic E-state index is 0.185. The maximum absolute atomic E-state index is 10.6. The standard InChI is InChI=1S/C11H16N2O/c1-7-4-8(2)11(9(3)5-7)13-6-10(12)14/h4-5,13H,6H2,1-3H3,(H2,12,14). The third kappa shape index (κ3) is 2.49. The molecule has 1 rings (SSSR count). The molecule has 0 aliphatic heterocycles. The van der Waals surface area contributed by atoms with Gasteiger partial charge in [0.15, 0.2) is 0 Å². The summed E-state index contributed by atoms with van der Waals surface area (Å²) in [4.78, 5) is 10.6. The lowest BCUT2D eigenvalue weighted by atomic mass is 10.1. The van der Waals surface area contributed by atoms with Crippen molar-refractivity contribution in [3.8, 4) is 0 Å². The molecule has 1 aromatic carbocycles. The molecule has 3 nitrogen and oxygen atoms in total. The molecule has 0 saturated heterocycles. The molecule has 0 aliphatic carbocycles. The highest BCUT2D eigenvalue weighted by Gasteiger charge is 2.03. The van der Waals surface area contributed by atoms with Crippen LogP contribution in [0, 0.1) is 20.8 Å². The zero-order valence-corrected chi connectivity index (χ0v) is 8.85. The molecule has 0 aliphatic rings. The minimum atomic E-state index is -0.343. The third-order valence-electron chi connectivity index (χ3n) is 2.12. The van der Waals surface area contributed by atoms with E-state index in [1.807, 2.05) is 13.8 Å². The Kier molecular flexibility index (Phi) is 3.12. The molecule has 0 unspecified atom stereocenters. The second-order valence-electron chi connectivity index (χ2n) is 3.59. The van der Waals surface area contributed by atoms with E-state index in [-0.39, 0.29) is 12.5 Å². The van der Waals surface area contributed by atoms with Crippen LogP contribution in [0.5, 0.6) is 0 Å². The van der Waals surface area contributed by atoms with Crippen LogP contribution in [0.25, 0.3) is 0 Å². The van der Waals surface area contributed by atoms with Crippen LogP contribution < -0.4 is 11.1 Å². The number of nitrogens with one attached hydrogen (secondary N) is 1. The third-order valence-corrected chi connectivity index (χ3v) is 2.12. The van der Waals surface area contributed by atoms with Gasteiger partial charge < -0.3 is 11.1 Å². The van der Waals surface area contributed by atoms with Gasteiger partial charge in [-0.3, -0.25) is 4.79 Å². The number of hydrogen-bond donors (Lipinski definition) is 2. The largest absolute Gasteiger partial charge is 0.376 e. The van der Waals surface area contributed by atoms with E-state index in [1.165, 1.54) is 5.56 Å². The van der Waals surface area contributed by atoms with Gasteiger partial charge in [0, 0.05) is 5.69 Å². The summed E-state index contributed by atoms with van der Waals surface area (Å²) in [5.74, 6) is -0.343. The normalized spacial score (nSPS) is 9.93. The molecule has 14 heavy (non-hydrogen) atoms. The number of rotatable bonds is 3. The van der Waals surface area contributed by atoms with Crippen molar-refractivity contribution < 1.29 is 4.79 Å². The summed E-state index contributed by atoms with van der Waals surface area (Å²) >= 11 is 0. The van der Waals surface area contributed by atoms with Crippen molar-refractivity contribution in [2.75, 3.05) is 11.9 Å². The SMILES string of the molecule is Cc1cc(C)c(NCC(N)=O)c(C)c1. The highest BCUT2D eigenvalue weighted by Crippen LogP contribution is 2.21. The van der Waals surface area contributed by atoms with Gasteiger partial charge in [0.05, 0.1) is 6.54 Å². The maximum atomic E-state index is 10.6. The minimum Gasteiger partial charge on any atom is -0.376 e. The lowest BCUT2D eigenvalue weighted by Crippen LogP contribution is -2.22. The van der Waals surface area contributed by atoms with E-state index >= 15 is 0 Å². The van der Waals surface area contributed by atoms with Gasteiger partial charge in [-0.15, -0.1) is 0 Å². The lowest BCUT2D eigenvalue weighted by Gasteiger charge is -2.12. The average Bonchev–Trinajstić information content (AvgIpc) is 2.01. The number of nitrogens with two attached hydrogens (primary N) is 1. The average molecular weight is 192 g/mol. The molecule has 0 atom stereocenters. The van der Waals surface area contributed by atoms with E-state index in [9.17, 15) is 4.79 Å². The molecule has 76 valence electrons. The zero-order chi connectivity index (χ0) is 10.7. The molecule has 1 aromatic rings. The summed E-state index contributed by atoms with van der Waals surface area (Å²) in [6.07, 6.45) is 0. The fourth-order valence-electron chi connectivity index (χ4n) is 1.63. The first-order valence-corrected chi connectivity index (χ1v) is 4.60. The highest BCUT2D eigenvalue weighted by atomic mass is 16.1. The molecule has 0 bridgehead atoms. The van der Waals surface area contributed by atoms with E-state index in [4.69, 9.17) is 5.73 Å². The summed E-state index contributed by atoms with van der Waals surface area (Å²) in [6, 6.07) is 4.16. The first kappa shape index (κ1) is 10.6. The number of benzene rings is 1. The number of amides is 1. The Morgan fingerprint density at radius 1 is 1.29 bits per heavy atom. The summed E-state index contributed by atoms with van der Waals surface area (Å²) in [5.41, 5.74) is 9.59. The van der Waals surface area contributed by atoms with Gasteiger partial charge in [-0.25, -0.2) is 0 Å². The fraction of sp³-hybridized carbons (Fsp3) is 0.364. The molecular formula is C11H16N2O. The summed E-state index contributed by atoms with van der Waals surface area (Å²) < 4.78 is 0. The molecule has 3 N–H and O–H groups in total. The van der Waals surface area contributed by atoms with Crippen molar-refractivity contribution in [1.82, 2.24) is 0 Å². The predicted octanol–water partition coefficient (Wildman–Crippen LogP) is 1.51. The summed E-state index contributed by atoms with van der Waals surface area (Å²) in [7, 11) is 0. The first-order chi connectivity index (χ1) is 6.50. The van der Waals surface area contributed by atoms with E-state index in [0.717, 1.165) is 16.8 Å². The molecule has 0 aromatic heterocycles. The summed E-state index contributed by atoms with van der Waals surface area (Å²) in [6.45, 7) is 6.27.